The molecule has 1 heterocycles. The zero-order valence-corrected chi connectivity index (χ0v) is 9.86. The maximum absolute atomic E-state index is 5.77. The van der Waals surface area contributed by atoms with Crippen LogP contribution in [0.3, 0.4) is 0 Å². The molecule has 1 aromatic carbocycles. The number of nitrogen functional groups attached to an aromatic ring is 1. The van der Waals surface area contributed by atoms with Gasteiger partial charge in [-0.05, 0) is 50.7 Å². The van der Waals surface area contributed by atoms with Crippen molar-refractivity contribution in [1.29, 1.82) is 0 Å². The fourth-order valence-electron chi connectivity index (χ4n) is 2.11. The van der Waals surface area contributed by atoms with Crippen LogP contribution in [0.1, 0.15) is 19.3 Å². The van der Waals surface area contributed by atoms with Crippen molar-refractivity contribution >= 4 is 5.69 Å². The Bertz CT molecular complexity index is 323. The molecule has 3 heteroatoms. The highest BCUT2D eigenvalue weighted by molar-refractivity contribution is 5.41. The number of nitrogens with two attached hydrogens (primary N) is 1. The lowest BCUT2D eigenvalue weighted by atomic mass is 10.0. The van der Waals surface area contributed by atoms with E-state index in [0.29, 0.717) is 6.04 Å². The molecule has 1 aliphatic rings. The van der Waals surface area contributed by atoms with Gasteiger partial charge in [0.15, 0.2) is 0 Å². The molecule has 2 rings (SSSR count). The van der Waals surface area contributed by atoms with E-state index in [1.54, 1.807) is 0 Å². The van der Waals surface area contributed by atoms with Crippen LogP contribution in [0.4, 0.5) is 5.69 Å². The molecule has 1 aromatic rings. The van der Waals surface area contributed by atoms with Gasteiger partial charge in [0.1, 0.15) is 12.4 Å². The maximum Gasteiger partial charge on any atom is 0.119 e. The van der Waals surface area contributed by atoms with E-state index >= 15 is 0 Å². The number of hydrogen-bond acceptors (Lipinski definition) is 3. The average Bonchev–Trinajstić information content (AvgIpc) is 2.30. The molecule has 2 N–H and O–H groups in total. The van der Waals surface area contributed by atoms with Crippen molar-refractivity contribution < 1.29 is 4.74 Å². The number of likely N-dealkylation sites (N-methyl/N-ethyl adjacent to an activating group) is 1. The van der Waals surface area contributed by atoms with Crippen molar-refractivity contribution in [2.24, 2.45) is 0 Å². The van der Waals surface area contributed by atoms with Crippen LogP contribution in [-0.4, -0.2) is 31.1 Å². The molecule has 1 aliphatic heterocycles. The third kappa shape index (κ3) is 2.89. The summed E-state index contributed by atoms with van der Waals surface area (Å²) in [6.45, 7) is 1.97. The molecule has 0 bridgehead atoms. The lowest BCUT2D eigenvalue weighted by Crippen LogP contribution is -2.40. The number of nitrogens with zero attached hydrogens (tertiary/aromatic N) is 1. The Balaban J connectivity index is 1.84. The summed E-state index contributed by atoms with van der Waals surface area (Å²) in [6.07, 6.45) is 3.88. The summed E-state index contributed by atoms with van der Waals surface area (Å²) < 4.78 is 5.77. The smallest absolute Gasteiger partial charge is 0.119 e. The molecule has 1 atom stereocenters. The summed E-state index contributed by atoms with van der Waals surface area (Å²) in [5, 5.41) is 0. The van der Waals surface area contributed by atoms with Gasteiger partial charge in [0.25, 0.3) is 0 Å². The Kier molecular flexibility index (Phi) is 3.67. The van der Waals surface area contributed by atoms with Gasteiger partial charge >= 0.3 is 0 Å². The molecule has 0 radical (unpaired) electrons. The standard InChI is InChI=1S/C13H20N2O/c1-15-9-3-2-4-12(15)10-16-13-7-5-11(14)6-8-13/h5-8,12H,2-4,9-10,14H2,1H3. The quantitative estimate of drug-likeness (QED) is 0.793. The Morgan fingerprint density at radius 1 is 1.31 bits per heavy atom. The molecule has 1 unspecified atom stereocenters. The minimum absolute atomic E-state index is 0.561. The number of rotatable bonds is 3. The van der Waals surface area contributed by atoms with Crippen LogP contribution in [0.25, 0.3) is 0 Å². The number of likely N-dealkylation sites (tertiary alicyclic amines) is 1. The Morgan fingerprint density at radius 2 is 2.06 bits per heavy atom. The first kappa shape index (κ1) is 11.3. The molecule has 16 heavy (non-hydrogen) atoms. The molecule has 0 spiro atoms. The number of hydrogen-bond donors (Lipinski definition) is 1. The predicted molar refractivity (Wildman–Crippen MR) is 66.6 cm³/mol. The van der Waals surface area contributed by atoms with E-state index in [-0.39, 0.29) is 0 Å². The fourth-order valence-corrected chi connectivity index (χ4v) is 2.11. The molecule has 88 valence electrons. The van der Waals surface area contributed by atoms with Crippen molar-refractivity contribution in [3.8, 4) is 5.75 Å². The van der Waals surface area contributed by atoms with E-state index in [2.05, 4.69) is 11.9 Å². The van der Waals surface area contributed by atoms with E-state index in [1.165, 1.54) is 25.8 Å². The minimum atomic E-state index is 0.561. The van der Waals surface area contributed by atoms with E-state index in [1.807, 2.05) is 24.3 Å². The van der Waals surface area contributed by atoms with Gasteiger partial charge in [-0.3, -0.25) is 0 Å². The van der Waals surface area contributed by atoms with Gasteiger partial charge in [-0.1, -0.05) is 6.42 Å². The SMILES string of the molecule is CN1CCCCC1COc1ccc(N)cc1. The van der Waals surface area contributed by atoms with Crippen molar-refractivity contribution in [2.45, 2.75) is 25.3 Å². The van der Waals surface area contributed by atoms with Crippen LogP contribution >= 0.6 is 0 Å². The van der Waals surface area contributed by atoms with E-state index in [4.69, 9.17) is 10.5 Å². The third-order valence-electron chi connectivity index (χ3n) is 3.24. The normalized spacial score (nSPS) is 21.9. The molecule has 3 nitrogen and oxygen atoms in total. The average molecular weight is 220 g/mol. The van der Waals surface area contributed by atoms with Crippen LogP contribution in [0.2, 0.25) is 0 Å². The summed E-state index contributed by atoms with van der Waals surface area (Å²) in [6, 6.07) is 8.17. The van der Waals surface area contributed by atoms with Gasteiger partial charge < -0.3 is 15.4 Å². The summed E-state index contributed by atoms with van der Waals surface area (Å²) in [4.78, 5) is 2.39. The number of piperidine rings is 1. The largest absolute Gasteiger partial charge is 0.492 e. The van der Waals surface area contributed by atoms with E-state index < -0.39 is 0 Å². The van der Waals surface area contributed by atoms with Gasteiger partial charge in [0.05, 0.1) is 0 Å². The molecule has 0 aromatic heterocycles. The van der Waals surface area contributed by atoms with Crippen LogP contribution in [0.15, 0.2) is 24.3 Å². The highest BCUT2D eigenvalue weighted by Crippen LogP contribution is 2.18. The van der Waals surface area contributed by atoms with Crippen molar-refractivity contribution in [1.82, 2.24) is 4.90 Å². The molecule has 1 fully saturated rings. The van der Waals surface area contributed by atoms with Crippen molar-refractivity contribution in [3.05, 3.63) is 24.3 Å². The summed E-state index contributed by atoms with van der Waals surface area (Å²) in [5.74, 6) is 0.910. The maximum atomic E-state index is 5.77. The Labute approximate surface area is 97.2 Å². The van der Waals surface area contributed by atoms with Crippen LogP contribution in [0.5, 0.6) is 5.75 Å². The van der Waals surface area contributed by atoms with Crippen molar-refractivity contribution in [2.75, 3.05) is 25.9 Å². The molecule has 0 saturated carbocycles. The first-order chi connectivity index (χ1) is 7.75. The van der Waals surface area contributed by atoms with Gasteiger partial charge in [0.2, 0.25) is 0 Å². The van der Waals surface area contributed by atoms with Crippen LogP contribution in [0, 0.1) is 0 Å². The zero-order chi connectivity index (χ0) is 11.4. The fraction of sp³-hybridized carbons (Fsp3) is 0.538. The summed E-state index contributed by atoms with van der Waals surface area (Å²) in [7, 11) is 2.18. The Hall–Kier alpha value is -1.22. The topological polar surface area (TPSA) is 38.5 Å². The molecule has 0 amide bonds. The second-order valence-electron chi connectivity index (χ2n) is 4.51. The number of ether oxygens (including phenoxy) is 1. The second-order valence-corrected chi connectivity index (χ2v) is 4.51. The first-order valence-electron chi connectivity index (χ1n) is 5.94. The summed E-state index contributed by atoms with van der Waals surface area (Å²) in [5.41, 5.74) is 6.40. The lowest BCUT2D eigenvalue weighted by molar-refractivity contribution is 0.125. The Morgan fingerprint density at radius 3 is 2.75 bits per heavy atom. The second kappa shape index (κ2) is 5.21. The third-order valence-corrected chi connectivity index (χ3v) is 3.24. The minimum Gasteiger partial charge on any atom is -0.492 e. The van der Waals surface area contributed by atoms with Crippen molar-refractivity contribution in [3.63, 3.8) is 0 Å². The van der Waals surface area contributed by atoms with Crippen LogP contribution in [-0.2, 0) is 0 Å². The lowest BCUT2D eigenvalue weighted by Gasteiger charge is -2.32. The van der Waals surface area contributed by atoms with E-state index in [0.717, 1.165) is 18.0 Å². The zero-order valence-electron chi connectivity index (χ0n) is 9.86. The van der Waals surface area contributed by atoms with Gasteiger partial charge in [-0.25, -0.2) is 0 Å². The highest BCUT2D eigenvalue weighted by atomic mass is 16.5. The number of anilines is 1. The van der Waals surface area contributed by atoms with E-state index in [9.17, 15) is 0 Å². The predicted octanol–water partition coefficient (Wildman–Crippen LogP) is 2.13. The van der Waals surface area contributed by atoms with Gasteiger partial charge in [0, 0.05) is 11.7 Å². The molecule has 1 saturated heterocycles. The van der Waals surface area contributed by atoms with Gasteiger partial charge in [-0.2, -0.15) is 0 Å². The highest BCUT2D eigenvalue weighted by Gasteiger charge is 2.19. The number of benzene rings is 1. The first-order valence-corrected chi connectivity index (χ1v) is 5.94. The molecular weight excluding hydrogens is 200 g/mol. The molecular formula is C13H20N2O. The van der Waals surface area contributed by atoms with Gasteiger partial charge in [-0.15, -0.1) is 0 Å². The monoisotopic (exact) mass is 220 g/mol. The molecule has 0 aliphatic carbocycles. The van der Waals surface area contributed by atoms with Crippen LogP contribution < -0.4 is 10.5 Å². The summed E-state index contributed by atoms with van der Waals surface area (Å²) >= 11 is 0.